The first-order valence-electron chi connectivity index (χ1n) is 34.5. The minimum absolute atomic E-state index is 0.450. The van der Waals surface area contributed by atoms with Crippen molar-refractivity contribution in [2.45, 2.75) is 324 Å². The maximum absolute atomic E-state index is 2.46. The number of benzene rings is 4. The van der Waals surface area contributed by atoms with Crippen molar-refractivity contribution >= 4 is 265 Å². The van der Waals surface area contributed by atoms with Gasteiger partial charge < -0.3 is 0 Å². The van der Waals surface area contributed by atoms with Gasteiger partial charge >= 0.3 is 706 Å². The van der Waals surface area contributed by atoms with Crippen LogP contribution in [0.5, 0.6) is 0 Å². The SMILES string of the molecule is C[CH2][Bi]([CH3])[CH3].C[CH2][Sb]([CH3])[CH3].C[CH](C)[Bi]([CH3])[CH3].C[CH](C)[Sb]([CH3])[CH3].Cc1cc(C)[c]([Bi]([CH3])[CH3])c(C)c1.Cc1cc(C)[c]([Sb]([CH3])[CH3])c(C)c1.Cc1cc[c]([Bi]([CH3])[CH3])c(C(C)C)c1.Cc1cc[c]([Sb]([CH3])[CH3])c(C(C)C)c1.[CH3][Bi]([CH3])[CH3].[CH3][Bi]([CH3])[C](C)(C)C.[CH3][Sb]([CH3])[CH3].[CH3][Sb]([CH3])[C](C)(C)C. The molecule has 4 aromatic rings. The Bertz CT molecular complexity index is 2170. The molecular formula is C82H168Bi6Sb6. The summed E-state index contributed by atoms with van der Waals surface area (Å²) in [4.78, 5) is 31.3. The molecule has 94 heavy (non-hydrogen) atoms. The topological polar surface area (TPSA) is 0 Å². The molecule has 12 heteroatoms. The summed E-state index contributed by atoms with van der Waals surface area (Å²) in [6, 6.07) is 23.2. The predicted molar refractivity (Wildman–Crippen MR) is 482 cm³/mol. The predicted octanol–water partition coefficient (Wildman–Crippen LogP) is 27.0. The molecule has 0 bridgehead atoms. The van der Waals surface area contributed by atoms with Crippen molar-refractivity contribution in [2.24, 2.45) is 0 Å². The summed E-state index contributed by atoms with van der Waals surface area (Å²) in [6.07, 6.45) is 0. The molecule has 0 aromatic heterocycles. The molecule has 0 unspecified atom stereocenters. The third-order valence-electron chi connectivity index (χ3n) is 14.8. The summed E-state index contributed by atoms with van der Waals surface area (Å²) >= 11 is -9.69. The maximum atomic E-state index is 2.46. The van der Waals surface area contributed by atoms with E-state index in [0.717, 1.165) is 7.49 Å². The van der Waals surface area contributed by atoms with Crippen LogP contribution in [-0.2, 0) is 0 Å². The second-order valence-electron chi connectivity index (χ2n) is 31.2. The molecular weight excluding hydrogens is 2970 g/mol. The molecule has 0 atom stereocenters. The number of aryl methyl sites for hydroxylation is 8. The Morgan fingerprint density at radius 3 is 0.894 bits per heavy atom. The van der Waals surface area contributed by atoms with Crippen molar-refractivity contribution in [1.82, 2.24) is 0 Å². The van der Waals surface area contributed by atoms with E-state index < -0.39 is 252 Å². The summed E-state index contributed by atoms with van der Waals surface area (Å²) in [6.45, 7) is 54.9. The van der Waals surface area contributed by atoms with Crippen molar-refractivity contribution in [3.8, 4) is 0 Å². The Balaban J connectivity index is -0.000000146. The fraction of sp³-hybridized carbons (Fsp3) is 0.707. The normalized spacial score (nSPS) is 11.0. The second kappa shape index (κ2) is 67.0. The zero-order valence-corrected chi connectivity index (χ0v) is 109. The van der Waals surface area contributed by atoms with E-state index >= 15 is 0 Å². The zero-order chi connectivity index (χ0) is 76.8. The van der Waals surface area contributed by atoms with Crippen molar-refractivity contribution in [3.05, 3.63) is 116 Å². The Labute approximate surface area is 692 Å². The minimum atomic E-state index is -1.24. The molecule has 0 saturated heterocycles. The van der Waals surface area contributed by atoms with Crippen LogP contribution in [-0.4, -0.2) is 252 Å². The second-order valence-corrected chi connectivity index (χ2v) is 140. The molecule has 0 fully saturated rings. The quantitative estimate of drug-likeness (QED) is 0.139. The Morgan fingerprint density at radius 1 is 0.426 bits per heavy atom. The molecule has 0 aliphatic carbocycles. The van der Waals surface area contributed by atoms with Gasteiger partial charge in [0.25, 0.3) is 0 Å². The van der Waals surface area contributed by atoms with Crippen LogP contribution in [0.2, 0.25) is 146 Å². The van der Waals surface area contributed by atoms with Gasteiger partial charge in [-0.3, -0.25) is 0 Å². The number of hydrogen-bond acceptors (Lipinski definition) is 0. The van der Waals surface area contributed by atoms with Crippen LogP contribution in [0, 0.1) is 55.4 Å². The van der Waals surface area contributed by atoms with Crippen LogP contribution in [0.25, 0.3) is 0 Å². The van der Waals surface area contributed by atoms with Crippen molar-refractivity contribution in [2.75, 3.05) is 0 Å². The van der Waals surface area contributed by atoms with Gasteiger partial charge in [-0.05, 0) is 0 Å². The van der Waals surface area contributed by atoms with Gasteiger partial charge in [0, 0.05) is 0 Å². The molecule has 0 spiro atoms. The third-order valence-corrected chi connectivity index (χ3v) is 75.3. The van der Waals surface area contributed by atoms with Crippen LogP contribution < -0.4 is 13.6 Å². The van der Waals surface area contributed by atoms with Crippen LogP contribution in [0.15, 0.2) is 60.7 Å². The zero-order valence-electron chi connectivity index (χ0n) is 72.9. The monoisotopic (exact) mass is 3130 g/mol. The van der Waals surface area contributed by atoms with Crippen LogP contribution >= 0.6 is 0 Å². The van der Waals surface area contributed by atoms with Crippen LogP contribution in [0.4, 0.5) is 0 Å². The van der Waals surface area contributed by atoms with Crippen LogP contribution in [0.1, 0.15) is 178 Å². The molecule has 0 nitrogen and oxygen atoms in total. The molecule has 4 aromatic carbocycles. The Hall–Kier alpha value is 7.09. The van der Waals surface area contributed by atoms with Crippen LogP contribution in [0.3, 0.4) is 0 Å². The molecule has 0 N–H and O–H groups in total. The van der Waals surface area contributed by atoms with Crippen molar-refractivity contribution in [1.29, 1.82) is 0 Å². The average Bonchev–Trinajstić information content (AvgIpc) is 0.889. The van der Waals surface area contributed by atoms with E-state index in [1.54, 1.807) is 24.7 Å². The number of hydrogen-bond donors (Lipinski definition) is 0. The van der Waals surface area contributed by atoms with Gasteiger partial charge in [-0.15, -0.1) is 0 Å². The fourth-order valence-electron chi connectivity index (χ4n) is 6.84. The van der Waals surface area contributed by atoms with E-state index in [1.165, 1.54) is 53.0 Å². The van der Waals surface area contributed by atoms with E-state index in [9.17, 15) is 0 Å². The first-order chi connectivity index (χ1) is 42.3. The van der Waals surface area contributed by atoms with Gasteiger partial charge in [0.1, 0.15) is 0 Å². The molecule has 4 rings (SSSR count). The van der Waals surface area contributed by atoms with E-state index in [1.807, 2.05) is 0 Å². The third kappa shape index (κ3) is 74.5. The van der Waals surface area contributed by atoms with Gasteiger partial charge in [-0.2, -0.15) is 0 Å². The van der Waals surface area contributed by atoms with Gasteiger partial charge in [-0.1, -0.05) is 0 Å². The summed E-state index contributed by atoms with van der Waals surface area (Å²) < 4.78 is 44.9. The molecule has 0 saturated carbocycles. The molecule has 0 aliphatic heterocycles. The molecule has 0 amide bonds. The Morgan fingerprint density at radius 2 is 0.702 bits per heavy atom. The fourth-order valence-corrected chi connectivity index (χ4v) is 25.4. The van der Waals surface area contributed by atoms with E-state index in [0.29, 0.717) is 18.3 Å². The summed E-state index contributed by atoms with van der Waals surface area (Å²) in [5, 5.41) is 0. The standard InChI is InChI=1S/2C10H13.2C9H11.2C4H9.2C3H7.2C2H5.26CH3.6Bi.6Sb/c2*1-8(2)10-6-4-5-9(3)7-10;2*1-7-4-8(2)6-9(3)5-7;2*1-4(2)3;2*1-3-2;2*1-2;;;;;;;;;;;;;;;;;;;;;;;;;;;;;;;;;;;;;;/h2*4-5,7-8H,1-3H3;2*4-5H,1-3H3;2*1-3H3;2*3H,1-2H3;2*1H2,2H3;26*1H3;;;;;;;;;;;;. The van der Waals surface area contributed by atoms with Crippen molar-refractivity contribution in [3.63, 3.8) is 0 Å². The number of rotatable bonds is 10. The molecule has 0 radical (unpaired) electrons. The van der Waals surface area contributed by atoms with Crippen molar-refractivity contribution < 1.29 is 0 Å². The summed E-state index contributed by atoms with van der Waals surface area (Å²) in [5.74, 6) is 1.37. The first kappa shape index (κ1) is 117. The van der Waals surface area contributed by atoms with Gasteiger partial charge in [0.2, 0.25) is 0 Å². The molecule has 0 heterocycles. The molecule has 556 valence electrons. The van der Waals surface area contributed by atoms with Gasteiger partial charge in [0.05, 0.1) is 0 Å². The average molecular weight is 3140 g/mol. The van der Waals surface area contributed by atoms with Gasteiger partial charge in [-0.25, -0.2) is 0 Å². The van der Waals surface area contributed by atoms with E-state index in [4.69, 9.17) is 0 Å². The molecule has 0 aliphatic rings. The summed E-state index contributed by atoms with van der Waals surface area (Å²) in [5.41, 5.74) is 14.9. The van der Waals surface area contributed by atoms with E-state index in [-0.39, 0.29) is 0 Å². The van der Waals surface area contributed by atoms with E-state index in [2.05, 4.69) is 350 Å². The first-order valence-corrected chi connectivity index (χ1v) is 130. The summed E-state index contributed by atoms with van der Waals surface area (Å²) in [7, 11) is 0. The van der Waals surface area contributed by atoms with Gasteiger partial charge in [0.15, 0.2) is 0 Å². The Kier molecular flexibility index (Phi) is 83.3.